The molecule has 0 bridgehead atoms. The summed E-state index contributed by atoms with van der Waals surface area (Å²) in [5, 5.41) is 0. The van der Waals surface area contributed by atoms with E-state index in [1.807, 2.05) is 6.07 Å². The maximum absolute atomic E-state index is 13.3. The summed E-state index contributed by atoms with van der Waals surface area (Å²) in [7, 11) is 0. The number of imidazole rings is 1. The highest BCUT2D eigenvalue weighted by Gasteiger charge is 2.13. The van der Waals surface area contributed by atoms with Crippen LogP contribution in [-0.4, -0.2) is 9.38 Å². The molecule has 3 aromatic rings. The number of nitrogen functional groups attached to an aromatic ring is 1. The third kappa shape index (κ3) is 1.98. The lowest BCUT2D eigenvalue weighted by atomic mass is 10.1. The van der Waals surface area contributed by atoms with Crippen molar-refractivity contribution >= 4 is 27.4 Å². The van der Waals surface area contributed by atoms with Gasteiger partial charge in [0.25, 0.3) is 0 Å². The number of nitrogens with two attached hydrogens (primary N) is 1. The molecule has 0 aliphatic heterocycles. The van der Waals surface area contributed by atoms with Gasteiger partial charge in [0.1, 0.15) is 17.2 Å². The number of rotatable bonds is 1. The minimum atomic E-state index is -0.921. The Hall–Kier alpha value is -1.95. The number of hydrogen-bond acceptors (Lipinski definition) is 2. The highest BCUT2D eigenvalue weighted by atomic mass is 79.9. The van der Waals surface area contributed by atoms with Gasteiger partial charge in [-0.3, -0.25) is 4.40 Å². The van der Waals surface area contributed by atoms with Gasteiger partial charge in [-0.1, -0.05) is 0 Å². The molecule has 6 heteroatoms. The fourth-order valence-electron chi connectivity index (χ4n) is 1.89. The van der Waals surface area contributed by atoms with Crippen LogP contribution in [0.5, 0.6) is 0 Å². The SMILES string of the molecule is Nc1c(-c2ccc(F)c(F)c2)nc2ccc(Br)cn12. The van der Waals surface area contributed by atoms with E-state index >= 15 is 0 Å². The summed E-state index contributed by atoms with van der Waals surface area (Å²) in [5.41, 5.74) is 7.50. The molecule has 0 fully saturated rings. The maximum Gasteiger partial charge on any atom is 0.159 e. The number of aromatic nitrogens is 2. The third-order valence-corrected chi connectivity index (χ3v) is 3.28. The molecular weight excluding hydrogens is 316 g/mol. The van der Waals surface area contributed by atoms with E-state index < -0.39 is 11.6 Å². The molecule has 0 aliphatic carbocycles. The van der Waals surface area contributed by atoms with E-state index in [-0.39, 0.29) is 0 Å². The predicted molar refractivity (Wildman–Crippen MR) is 72.7 cm³/mol. The van der Waals surface area contributed by atoms with Gasteiger partial charge in [0.15, 0.2) is 11.6 Å². The maximum atomic E-state index is 13.3. The molecule has 1 aromatic carbocycles. The molecule has 0 saturated heterocycles. The molecule has 0 atom stereocenters. The van der Waals surface area contributed by atoms with E-state index in [4.69, 9.17) is 5.73 Å². The minimum Gasteiger partial charge on any atom is -0.383 e. The average Bonchev–Trinajstić information content (AvgIpc) is 2.70. The second kappa shape index (κ2) is 4.31. The van der Waals surface area contributed by atoms with Crippen molar-refractivity contribution in [3.8, 4) is 11.3 Å². The van der Waals surface area contributed by atoms with Gasteiger partial charge in [-0.15, -0.1) is 0 Å². The zero-order valence-corrected chi connectivity index (χ0v) is 11.2. The quantitative estimate of drug-likeness (QED) is 0.743. The lowest BCUT2D eigenvalue weighted by molar-refractivity contribution is 0.509. The van der Waals surface area contributed by atoms with Crippen LogP contribution in [0.25, 0.3) is 16.9 Å². The van der Waals surface area contributed by atoms with E-state index in [9.17, 15) is 8.78 Å². The van der Waals surface area contributed by atoms with Crippen LogP contribution in [0, 0.1) is 11.6 Å². The Morgan fingerprint density at radius 1 is 1.11 bits per heavy atom. The molecule has 0 amide bonds. The standard InChI is InChI=1S/C13H8BrF2N3/c14-8-2-4-11-18-12(13(17)19(11)6-8)7-1-3-9(15)10(16)5-7/h1-6H,17H2. The van der Waals surface area contributed by atoms with Crippen molar-refractivity contribution < 1.29 is 8.78 Å². The minimum absolute atomic E-state index is 0.377. The Labute approximate surface area is 115 Å². The number of pyridine rings is 1. The zero-order valence-electron chi connectivity index (χ0n) is 9.57. The molecule has 2 aromatic heterocycles. The van der Waals surface area contributed by atoms with Crippen LogP contribution in [-0.2, 0) is 0 Å². The summed E-state index contributed by atoms with van der Waals surface area (Å²) < 4.78 is 28.7. The number of nitrogens with zero attached hydrogens (tertiary/aromatic N) is 2. The number of halogens is 3. The lowest BCUT2D eigenvalue weighted by Gasteiger charge is -2.00. The zero-order chi connectivity index (χ0) is 13.6. The van der Waals surface area contributed by atoms with E-state index in [1.165, 1.54) is 6.07 Å². The van der Waals surface area contributed by atoms with Gasteiger partial charge in [-0.2, -0.15) is 0 Å². The number of anilines is 1. The summed E-state index contributed by atoms with van der Waals surface area (Å²) in [4.78, 5) is 4.32. The number of fused-ring (bicyclic) bond motifs is 1. The molecule has 2 N–H and O–H groups in total. The first-order chi connectivity index (χ1) is 9.06. The Morgan fingerprint density at radius 2 is 1.89 bits per heavy atom. The van der Waals surface area contributed by atoms with Crippen LogP contribution >= 0.6 is 15.9 Å². The first kappa shape index (κ1) is 12.1. The summed E-state index contributed by atoms with van der Waals surface area (Å²) in [6, 6.07) is 7.21. The van der Waals surface area contributed by atoms with E-state index in [2.05, 4.69) is 20.9 Å². The van der Waals surface area contributed by atoms with Gasteiger partial charge in [-0.05, 0) is 46.3 Å². The van der Waals surface area contributed by atoms with Gasteiger partial charge in [0.2, 0.25) is 0 Å². The molecular formula is C13H8BrF2N3. The summed E-state index contributed by atoms with van der Waals surface area (Å²) in [5.74, 6) is -1.44. The largest absolute Gasteiger partial charge is 0.383 e. The van der Waals surface area contributed by atoms with E-state index in [0.717, 1.165) is 16.6 Å². The van der Waals surface area contributed by atoms with Crippen molar-refractivity contribution in [3.05, 3.63) is 52.6 Å². The molecule has 2 heterocycles. The van der Waals surface area contributed by atoms with Crippen molar-refractivity contribution in [1.29, 1.82) is 0 Å². The van der Waals surface area contributed by atoms with Crippen molar-refractivity contribution in [2.45, 2.75) is 0 Å². The van der Waals surface area contributed by atoms with Crippen molar-refractivity contribution in [3.63, 3.8) is 0 Å². The monoisotopic (exact) mass is 323 g/mol. The number of benzene rings is 1. The fourth-order valence-corrected chi connectivity index (χ4v) is 2.23. The Kier molecular flexibility index (Phi) is 2.74. The Balaban J connectivity index is 2.24. The van der Waals surface area contributed by atoms with Gasteiger partial charge < -0.3 is 5.73 Å². The summed E-state index contributed by atoms with van der Waals surface area (Å²) >= 11 is 3.34. The van der Waals surface area contributed by atoms with Crippen LogP contribution in [0.2, 0.25) is 0 Å². The third-order valence-electron chi connectivity index (χ3n) is 2.81. The first-order valence-corrected chi connectivity index (χ1v) is 6.24. The average molecular weight is 324 g/mol. The Morgan fingerprint density at radius 3 is 2.63 bits per heavy atom. The van der Waals surface area contributed by atoms with Crippen LogP contribution in [0.1, 0.15) is 0 Å². The van der Waals surface area contributed by atoms with Gasteiger partial charge in [-0.25, -0.2) is 13.8 Å². The summed E-state index contributed by atoms with van der Waals surface area (Å²) in [6.07, 6.45) is 1.76. The van der Waals surface area contributed by atoms with Crippen LogP contribution in [0.15, 0.2) is 41.0 Å². The lowest BCUT2D eigenvalue weighted by Crippen LogP contribution is -1.94. The van der Waals surface area contributed by atoms with Gasteiger partial charge in [0.05, 0.1) is 0 Å². The van der Waals surface area contributed by atoms with Crippen LogP contribution in [0.3, 0.4) is 0 Å². The van der Waals surface area contributed by atoms with Crippen LogP contribution in [0.4, 0.5) is 14.6 Å². The molecule has 0 saturated carbocycles. The molecule has 0 unspecified atom stereocenters. The molecule has 0 radical (unpaired) electrons. The summed E-state index contributed by atoms with van der Waals surface area (Å²) in [6.45, 7) is 0. The van der Waals surface area contributed by atoms with Gasteiger partial charge in [0, 0.05) is 16.2 Å². The Bertz CT molecular complexity index is 783. The highest BCUT2D eigenvalue weighted by Crippen LogP contribution is 2.28. The first-order valence-electron chi connectivity index (χ1n) is 5.45. The van der Waals surface area contributed by atoms with Gasteiger partial charge >= 0.3 is 0 Å². The van der Waals surface area contributed by atoms with Crippen molar-refractivity contribution in [2.24, 2.45) is 0 Å². The second-order valence-electron chi connectivity index (χ2n) is 4.05. The molecule has 96 valence electrons. The normalized spacial score (nSPS) is 11.1. The van der Waals surface area contributed by atoms with Crippen LogP contribution < -0.4 is 5.73 Å². The predicted octanol–water partition coefficient (Wildman–Crippen LogP) is 3.62. The molecule has 3 rings (SSSR count). The van der Waals surface area contributed by atoms with Crippen molar-refractivity contribution in [1.82, 2.24) is 9.38 Å². The smallest absolute Gasteiger partial charge is 0.159 e. The molecule has 19 heavy (non-hydrogen) atoms. The fraction of sp³-hybridized carbons (Fsp3) is 0. The molecule has 0 aliphatic rings. The highest BCUT2D eigenvalue weighted by molar-refractivity contribution is 9.10. The molecule has 3 nitrogen and oxygen atoms in total. The second-order valence-corrected chi connectivity index (χ2v) is 4.97. The van der Waals surface area contributed by atoms with Crippen molar-refractivity contribution in [2.75, 3.05) is 5.73 Å². The van der Waals surface area contributed by atoms with E-state index in [1.54, 1.807) is 16.7 Å². The topological polar surface area (TPSA) is 43.3 Å². The number of hydrogen-bond donors (Lipinski definition) is 1. The van der Waals surface area contributed by atoms with E-state index in [0.29, 0.717) is 22.7 Å². The molecule has 0 spiro atoms.